The molecule has 1 aromatic rings. The number of amidine groups is 1. The van der Waals surface area contributed by atoms with Crippen molar-refractivity contribution in [3.05, 3.63) is 17.8 Å². The summed E-state index contributed by atoms with van der Waals surface area (Å²) in [6, 6.07) is 0.537. The van der Waals surface area contributed by atoms with Gasteiger partial charge in [-0.3, -0.25) is 4.99 Å². The van der Waals surface area contributed by atoms with Crippen LogP contribution in [0.15, 0.2) is 15.6 Å². The zero-order chi connectivity index (χ0) is 11.5. The Labute approximate surface area is 99.9 Å². The number of thioether (sulfide) groups is 1. The van der Waals surface area contributed by atoms with Crippen LogP contribution in [0.2, 0.25) is 0 Å². The number of nitrogens with zero attached hydrogens (tertiary/aromatic N) is 2. The van der Waals surface area contributed by atoms with Gasteiger partial charge in [-0.05, 0) is 12.8 Å². The highest BCUT2D eigenvalue weighted by atomic mass is 32.2. The van der Waals surface area contributed by atoms with E-state index in [1.54, 1.807) is 18.0 Å². The first kappa shape index (κ1) is 11.5. The molecule has 1 aliphatic heterocycles. The van der Waals surface area contributed by atoms with Crippen molar-refractivity contribution in [3.63, 3.8) is 0 Å². The molecule has 0 saturated carbocycles. The molecule has 1 N–H and O–H groups in total. The molecule has 1 aliphatic rings. The van der Waals surface area contributed by atoms with Gasteiger partial charge >= 0.3 is 0 Å². The van der Waals surface area contributed by atoms with E-state index in [2.05, 4.69) is 29.1 Å². The molecule has 1 fully saturated rings. The van der Waals surface area contributed by atoms with Gasteiger partial charge in [0.05, 0.1) is 6.20 Å². The van der Waals surface area contributed by atoms with Crippen LogP contribution in [0.3, 0.4) is 0 Å². The highest BCUT2D eigenvalue weighted by Gasteiger charge is 2.22. The lowest BCUT2D eigenvalue weighted by Crippen LogP contribution is -2.31. The number of hydrogen-bond donors (Lipinski definition) is 1. The summed E-state index contributed by atoms with van der Waals surface area (Å²) < 4.78 is 5.36. The molecular weight excluding hydrogens is 222 g/mol. The van der Waals surface area contributed by atoms with E-state index in [1.807, 2.05) is 6.92 Å². The third kappa shape index (κ3) is 2.78. The van der Waals surface area contributed by atoms with E-state index < -0.39 is 0 Å². The molecule has 0 aromatic carbocycles. The first-order valence-corrected chi connectivity index (χ1v) is 6.49. The SMILES string of the molecule is Cc1cnc(CN=C2NC(C(C)C)CS2)o1. The minimum atomic E-state index is 0.522. The van der Waals surface area contributed by atoms with Crippen molar-refractivity contribution < 1.29 is 4.42 Å². The Hall–Kier alpha value is -0.970. The Morgan fingerprint density at radius 1 is 1.69 bits per heavy atom. The summed E-state index contributed by atoms with van der Waals surface area (Å²) in [5.74, 6) is 3.26. The summed E-state index contributed by atoms with van der Waals surface area (Å²) >= 11 is 1.77. The second kappa shape index (κ2) is 4.91. The van der Waals surface area contributed by atoms with Crippen molar-refractivity contribution in [2.45, 2.75) is 33.4 Å². The molecule has 0 amide bonds. The quantitative estimate of drug-likeness (QED) is 0.878. The third-order valence-electron chi connectivity index (χ3n) is 2.54. The molecule has 16 heavy (non-hydrogen) atoms. The summed E-state index contributed by atoms with van der Waals surface area (Å²) in [6.07, 6.45) is 1.72. The second-order valence-electron chi connectivity index (χ2n) is 4.29. The molecule has 1 saturated heterocycles. The van der Waals surface area contributed by atoms with E-state index in [9.17, 15) is 0 Å². The molecule has 0 spiro atoms. The van der Waals surface area contributed by atoms with Gasteiger partial charge in [-0.25, -0.2) is 4.98 Å². The van der Waals surface area contributed by atoms with Crippen LogP contribution >= 0.6 is 11.8 Å². The Kier molecular flexibility index (Phi) is 3.53. The van der Waals surface area contributed by atoms with Crippen LogP contribution in [-0.2, 0) is 6.54 Å². The molecule has 2 heterocycles. The second-order valence-corrected chi connectivity index (χ2v) is 5.30. The lowest BCUT2D eigenvalue weighted by molar-refractivity contribution is 0.473. The van der Waals surface area contributed by atoms with Crippen LogP contribution < -0.4 is 5.32 Å². The van der Waals surface area contributed by atoms with Crippen LogP contribution in [0, 0.1) is 12.8 Å². The first-order chi connectivity index (χ1) is 7.65. The van der Waals surface area contributed by atoms with Gasteiger partial charge in [0.25, 0.3) is 0 Å². The number of rotatable bonds is 3. The van der Waals surface area contributed by atoms with Crippen LogP contribution in [0.4, 0.5) is 0 Å². The first-order valence-electron chi connectivity index (χ1n) is 5.50. The van der Waals surface area contributed by atoms with Crippen molar-refractivity contribution >= 4 is 16.9 Å². The highest BCUT2D eigenvalue weighted by Crippen LogP contribution is 2.19. The number of aliphatic imine (C=N–C) groups is 1. The highest BCUT2D eigenvalue weighted by molar-refractivity contribution is 8.14. The van der Waals surface area contributed by atoms with Gasteiger partial charge in [-0.1, -0.05) is 25.6 Å². The molecule has 5 heteroatoms. The Balaban J connectivity index is 1.90. The summed E-state index contributed by atoms with van der Waals surface area (Å²) in [4.78, 5) is 8.57. The molecule has 0 radical (unpaired) electrons. The summed E-state index contributed by atoms with van der Waals surface area (Å²) in [7, 11) is 0. The van der Waals surface area contributed by atoms with E-state index in [-0.39, 0.29) is 0 Å². The Morgan fingerprint density at radius 2 is 2.50 bits per heavy atom. The predicted molar refractivity (Wildman–Crippen MR) is 66.6 cm³/mol. The Bertz CT molecular complexity index is 386. The average molecular weight is 239 g/mol. The zero-order valence-corrected chi connectivity index (χ0v) is 10.7. The molecule has 0 aliphatic carbocycles. The molecule has 1 atom stereocenters. The molecule has 88 valence electrons. The summed E-state index contributed by atoms with van der Waals surface area (Å²) in [6.45, 7) is 6.85. The van der Waals surface area contributed by atoms with Gasteiger partial charge in [0.15, 0.2) is 5.17 Å². The number of oxazole rings is 1. The van der Waals surface area contributed by atoms with Crippen molar-refractivity contribution in [3.8, 4) is 0 Å². The molecule has 4 nitrogen and oxygen atoms in total. The van der Waals surface area contributed by atoms with E-state index in [0.29, 0.717) is 24.4 Å². The van der Waals surface area contributed by atoms with E-state index >= 15 is 0 Å². The fourth-order valence-corrected chi connectivity index (χ4v) is 2.67. The van der Waals surface area contributed by atoms with Crippen LogP contribution in [-0.4, -0.2) is 21.9 Å². The average Bonchev–Trinajstić information content (AvgIpc) is 2.83. The smallest absolute Gasteiger partial charge is 0.216 e. The maximum Gasteiger partial charge on any atom is 0.216 e. The predicted octanol–water partition coefficient (Wildman–Crippen LogP) is 2.20. The van der Waals surface area contributed by atoms with Gasteiger partial charge in [0, 0.05) is 11.8 Å². The number of hydrogen-bond acceptors (Lipinski definition) is 4. The van der Waals surface area contributed by atoms with Gasteiger partial charge in [-0.2, -0.15) is 0 Å². The number of aryl methyl sites for hydroxylation is 1. The van der Waals surface area contributed by atoms with Crippen molar-refractivity contribution in [1.82, 2.24) is 10.3 Å². The van der Waals surface area contributed by atoms with Crippen molar-refractivity contribution in [2.75, 3.05) is 5.75 Å². The number of nitrogens with one attached hydrogen (secondary N) is 1. The largest absolute Gasteiger partial charge is 0.444 e. The maximum atomic E-state index is 5.36. The van der Waals surface area contributed by atoms with Gasteiger partial charge in [-0.15, -0.1) is 0 Å². The lowest BCUT2D eigenvalue weighted by Gasteiger charge is -2.12. The topological polar surface area (TPSA) is 50.4 Å². The monoisotopic (exact) mass is 239 g/mol. The molecule has 1 unspecified atom stereocenters. The standard InChI is InChI=1S/C11H17N3OS/c1-7(2)9-6-16-11(14-9)13-5-10-12-4-8(3)15-10/h4,7,9H,5-6H2,1-3H3,(H,13,14). The molecule has 2 rings (SSSR count). The molecule has 1 aromatic heterocycles. The fraction of sp³-hybridized carbons (Fsp3) is 0.636. The third-order valence-corrected chi connectivity index (χ3v) is 3.59. The van der Waals surface area contributed by atoms with E-state index in [4.69, 9.17) is 4.42 Å². The number of aromatic nitrogens is 1. The summed E-state index contributed by atoms with van der Waals surface area (Å²) in [5.41, 5.74) is 0. The zero-order valence-electron chi connectivity index (χ0n) is 9.86. The van der Waals surface area contributed by atoms with Gasteiger partial charge in [0.2, 0.25) is 5.89 Å². The van der Waals surface area contributed by atoms with E-state index in [0.717, 1.165) is 16.7 Å². The molecule has 0 bridgehead atoms. The maximum absolute atomic E-state index is 5.36. The summed E-state index contributed by atoms with van der Waals surface area (Å²) in [5, 5.41) is 4.42. The Morgan fingerprint density at radius 3 is 3.06 bits per heavy atom. The minimum absolute atomic E-state index is 0.522. The van der Waals surface area contributed by atoms with Crippen molar-refractivity contribution in [1.29, 1.82) is 0 Å². The molecular formula is C11H17N3OS. The lowest BCUT2D eigenvalue weighted by atomic mass is 10.1. The minimum Gasteiger partial charge on any atom is -0.444 e. The normalized spacial score (nSPS) is 23.0. The van der Waals surface area contributed by atoms with Gasteiger partial charge in [0.1, 0.15) is 12.3 Å². The van der Waals surface area contributed by atoms with Crippen LogP contribution in [0.25, 0.3) is 0 Å². The van der Waals surface area contributed by atoms with Crippen molar-refractivity contribution in [2.24, 2.45) is 10.9 Å². The van der Waals surface area contributed by atoms with Crippen LogP contribution in [0.5, 0.6) is 0 Å². The van der Waals surface area contributed by atoms with E-state index in [1.165, 1.54) is 0 Å². The van der Waals surface area contributed by atoms with Crippen LogP contribution in [0.1, 0.15) is 25.5 Å². The fourth-order valence-electron chi connectivity index (χ4n) is 1.48. The van der Waals surface area contributed by atoms with Gasteiger partial charge < -0.3 is 9.73 Å².